The van der Waals surface area contributed by atoms with Crippen LogP contribution in [0.2, 0.25) is 0 Å². The van der Waals surface area contributed by atoms with E-state index in [-0.39, 0.29) is 6.03 Å². The summed E-state index contributed by atoms with van der Waals surface area (Å²) in [6.07, 6.45) is 0.655. The number of benzene rings is 1. The summed E-state index contributed by atoms with van der Waals surface area (Å²) in [6, 6.07) is 12.9. The quantitative estimate of drug-likeness (QED) is 0.820. The molecule has 1 atom stereocenters. The molecule has 0 radical (unpaired) electrons. The third-order valence-electron chi connectivity index (χ3n) is 3.78. The fourth-order valence-electron chi connectivity index (χ4n) is 2.62. The Labute approximate surface area is 144 Å². The van der Waals surface area contributed by atoms with Gasteiger partial charge in [-0.05, 0) is 23.9 Å². The number of rotatable bonds is 5. The number of hydrogen-bond acceptors (Lipinski definition) is 4. The Morgan fingerprint density at radius 3 is 2.71 bits per heavy atom. The van der Waals surface area contributed by atoms with Crippen LogP contribution in [0.15, 0.2) is 59.1 Å². The van der Waals surface area contributed by atoms with E-state index in [2.05, 4.69) is 10.6 Å². The van der Waals surface area contributed by atoms with E-state index in [4.69, 9.17) is 4.74 Å². The summed E-state index contributed by atoms with van der Waals surface area (Å²) >= 11 is 1.49. The van der Waals surface area contributed by atoms with E-state index in [1.807, 2.05) is 47.8 Å². The van der Waals surface area contributed by atoms with Crippen LogP contribution in [-0.2, 0) is 16.0 Å². The number of allylic oxidation sites excluding steroid dienone is 1. The first-order valence-electron chi connectivity index (χ1n) is 7.68. The number of carbonyl (C=O) groups is 2. The van der Waals surface area contributed by atoms with Gasteiger partial charge in [-0.1, -0.05) is 36.4 Å². The molecule has 2 aromatic rings. The minimum Gasteiger partial charge on any atom is -0.462 e. The van der Waals surface area contributed by atoms with Crippen molar-refractivity contribution in [2.24, 2.45) is 0 Å². The summed E-state index contributed by atoms with van der Waals surface area (Å²) in [5, 5.41) is 7.35. The molecule has 0 bridgehead atoms. The Kier molecular flexibility index (Phi) is 4.96. The SMILES string of the molecule is CC1=C(C(=O)OCCc2ccccc2)[C@H](c2cccs2)NC(=O)N1. The second-order valence-electron chi connectivity index (χ2n) is 5.46. The Hall–Kier alpha value is -2.60. The Morgan fingerprint density at radius 1 is 1.21 bits per heavy atom. The highest BCUT2D eigenvalue weighted by Crippen LogP contribution is 2.30. The molecule has 2 N–H and O–H groups in total. The van der Waals surface area contributed by atoms with Crippen molar-refractivity contribution in [1.29, 1.82) is 0 Å². The molecule has 0 aliphatic carbocycles. The molecule has 2 heterocycles. The van der Waals surface area contributed by atoms with E-state index >= 15 is 0 Å². The Morgan fingerprint density at radius 2 is 2.00 bits per heavy atom. The van der Waals surface area contributed by atoms with Crippen LogP contribution in [-0.4, -0.2) is 18.6 Å². The number of esters is 1. The maximum atomic E-state index is 12.5. The lowest BCUT2D eigenvalue weighted by molar-refractivity contribution is -0.139. The zero-order valence-corrected chi connectivity index (χ0v) is 14.1. The fraction of sp³-hybridized carbons (Fsp3) is 0.222. The maximum absolute atomic E-state index is 12.5. The van der Waals surface area contributed by atoms with Gasteiger partial charge in [0.15, 0.2) is 0 Å². The maximum Gasteiger partial charge on any atom is 0.338 e. The lowest BCUT2D eigenvalue weighted by Crippen LogP contribution is -2.45. The Bertz CT molecular complexity index is 754. The number of thiophene rings is 1. The van der Waals surface area contributed by atoms with Crippen molar-refractivity contribution in [3.05, 3.63) is 69.6 Å². The van der Waals surface area contributed by atoms with Gasteiger partial charge in [0.2, 0.25) is 0 Å². The van der Waals surface area contributed by atoms with Gasteiger partial charge in [-0.3, -0.25) is 0 Å². The molecule has 124 valence electrons. The summed E-state index contributed by atoms with van der Waals surface area (Å²) in [4.78, 5) is 25.2. The predicted molar refractivity (Wildman–Crippen MR) is 92.5 cm³/mol. The van der Waals surface area contributed by atoms with Gasteiger partial charge in [-0.25, -0.2) is 9.59 Å². The van der Waals surface area contributed by atoms with E-state index in [9.17, 15) is 9.59 Å². The largest absolute Gasteiger partial charge is 0.462 e. The van der Waals surface area contributed by atoms with Crippen LogP contribution in [0.4, 0.5) is 4.79 Å². The van der Waals surface area contributed by atoms with E-state index < -0.39 is 12.0 Å². The molecule has 1 aliphatic heterocycles. The number of ether oxygens (including phenoxy) is 1. The lowest BCUT2D eigenvalue weighted by Gasteiger charge is -2.27. The monoisotopic (exact) mass is 342 g/mol. The molecular weight excluding hydrogens is 324 g/mol. The van der Waals surface area contributed by atoms with Gasteiger partial charge in [-0.15, -0.1) is 11.3 Å². The second-order valence-corrected chi connectivity index (χ2v) is 6.44. The zero-order valence-electron chi connectivity index (χ0n) is 13.2. The smallest absolute Gasteiger partial charge is 0.338 e. The average Bonchev–Trinajstić information content (AvgIpc) is 3.09. The Balaban J connectivity index is 1.71. The first kappa shape index (κ1) is 16.3. The van der Waals surface area contributed by atoms with Gasteiger partial charge in [0, 0.05) is 17.0 Å². The first-order valence-corrected chi connectivity index (χ1v) is 8.56. The van der Waals surface area contributed by atoms with Crippen molar-refractivity contribution in [1.82, 2.24) is 10.6 Å². The zero-order chi connectivity index (χ0) is 16.9. The molecule has 1 aliphatic rings. The number of hydrogen-bond donors (Lipinski definition) is 2. The van der Waals surface area contributed by atoms with E-state index in [0.717, 1.165) is 10.4 Å². The van der Waals surface area contributed by atoms with Crippen LogP contribution < -0.4 is 10.6 Å². The summed E-state index contributed by atoms with van der Waals surface area (Å²) in [5.74, 6) is -0.408. The van der Waals surface area contributed by atoms with Gasteiger partial charge in [0.05, 0.1) is 18.2 Å². The van der Waals surface area contributed by atoms with Gasteiger partial charge < -0.3 is 15.4 Å². The molecule has 0 saturated carbocycles. The van der Waals surface area contributed by atoms with Crippen molar-refractivity contribution < 1.29 is 14.3 Å². The highest BCUT2D eigenvalue weighted by molar-refractivity contribution is 7.10. The third-order valence-corrected chi connectivity index (χ3v) is 4.72. The van der Waals surface area contributed by atoms with Gasteiger partial charge in [0.25, 0.3) is 0 Å². The highest BCUT2D eigenvalue weighted by atomic mass is 32.1. The third kappa shape index (κ3) is 3.65. The molecule has 3 rings (SSSR count). The van der Waals surface area contributed by atoms with E-state index in [1.54, 1.807) is 6.92 Å². The van der Waals surface area contributed by atoms with Gasteiger partial charge in [-0.2, -0.15) is 0 Å². The van der Waals surface area contributed by atoms with Crippen molar-refractivity contribution in [3.63, 3.8) is 0 Å². The molecule has 5 nitrogen and oxygen atoms in total. The summed E-state index contributed by atoms with van der Waals surface area (Å²) in [5.41, 5.74) is 2.09. The minimum atomic E-state index is -0.469. The standard InChI is InChI=1S/C18H18N2O3S/c1-12-15(16(20-18(22)19-12)14-8-5-11-24-14)17(21)23-10-9-13-6-3-2-4-7-13/h2-8,11,16H,9-10H2,1H3,(H2,19,20,22)/t16-/m0/s1. The molecule has 0 saturated heterocycles. The van der Waals surface area contributed by atoms with Crippen molar-refractivity contribution >= 4 is 23.3 Å². The first-order chi connectivity index (χ1) is 11.6. The molecule has 2 amide bonds. The topological polar surface area (TPSA) is 67.4 Å². The van der Waals surface area contributed by atoms with Crippen LogP contribution in [0.3, 0.4) is 0 Å². The second kappa shape index (κ2) is 7.31. The summed E-state index contributed by atoms with van der Waals surface area (Å²) in [6.45, 7) is 2.01. The molecule has 1 aromatic carbocycles. The van der Waals surface area contributed by atoms with Crippen molar-refractivity contribution in [2.45, 2.75) is 19.4 Å². The van der Waals surface area contributed by atoms with Gasteiger partial charge >= 0.3 is 12.0 Å². The average molecular weight is 342 g/mol. The van der Waals surface area contributed by atoms with Crippen LogP contribution in [0.25, 0.3) is 0 Å². The minimum absolute atomic E-state index is 0.296. The van der Waals surface area contributed by atoms with Crippen molar-refractivity contribution in [2.75, 3.05) is 6.61 Å². The number of urea groups is 1. The van der Waals surface area contributed by atoms with Crippen LogP contribution >= 0.6 is 11.3 Å². The fourth-order valence-corrected chi connectivity index (χ4v) is 3.40. The molecule has 0 unspecified atom stereocenters. The normalized spacial score (nSPS) is 17.2. The number of nitrogens with one attached hydrogen (secondary N) is 2. The van der Waals surface area contributed by atoms with Crippen LogP contribution in [0.1, 0.15) is 23.4 Å². The predicted octanol–water partition coefficient (Wildman–Crippen LogP) is 3.16. The summed E-state index contributed by atoms with van der Waals surface area (Å²) < 4.78 is 5.44. The van der Waals surface area contributed by atoms with Crippen molar-refractivity contribution in [3.8, 4) is 0 Å². The van der Waals surface area contributed by atoms with Gasteiger partial charge in [0.1, 0.15) is 0 Å². The number of amides is 2. The van der Waals surface area contributed by atoms with E-state index in [1.165, 1.54) is 11.3 Å². The molecule has 0 spiro atoms. The lowest BCUT2D eigenvalue weighted by atomic mass is 10.0. The molecule has 0 fully saturated rings. The molecule has 1 aromatic heterocycles. The number of carbonyl (C=O) groups excluding carboxylic acids is 2. The highest BCUT2D eigenvalue weighted by Gasteiger charge is 2.32. The van der Waals surface area contributed by atoms with Crippen LogP contribution in [0.5, 0.6) is 0 Å². The van der Waals surface area contributed by atoms with E-state index in [0.29, 0.717) is 24.3 Å². The molecule has 24 heavy (non-hydrogen) atoms. The van der Waals surface area contributed by atoms with Crippen LogP contribution in [0, 0.1) is 0 Å². The summed E-state index contributed by atoms with van der Waals surface area (Å²) in [7, 11) is 0. The molecular formula is C18H18N2O3S. The molecule has 6 heteroatoms.